The summed E-state index contributed by atoms with van der Waals surface area (Å²) in [5.74, 6) is -0.687. The van der Waals surface area contributed by atoms with Crippen LogP contribution < -0.4 is 11.1 Å². The van der Waals surface area contributed by atoms with Crippen LogP contribution >= 0.6 is 23.1 Å². The molecule has 8 nitrogen and oxygen atoms in total. The third-order valence-corrected chi connectivity index (χ3v) is 6.64. The summed E-state index contributed by atoms with van der Waals surface area (Å²) in [6.45, 7) is 0.806. The van der Waals surface area contributed by atoms with Crippen molar-refractivity contribution in [3.05, 3.63) is 22.4 Å². The Kier molecular flexibility index (Phi) is 6.74. The van der Waals surface area contributed by atoms with Crippen molar-refractivity contribution in [3.8, 4) is 0 Å². The van der Waals surface area contributed by atoms with Crippen LogP contribution in [0.5, 0.6) is 0 Å². The van der Waals surface area contributed by atoms with Crippen LogP contribution in [-0.2, 0) is 16.0 Å². The molecule has 1 fully saturated rings. The number of amidine groups is 1. The van der Waals surface area contributed by atoms with E-state index in [2.05, 4.69) is 10.3 Å². The molecule has 0 saturated carbocycles. The number of thioether (sulfide) groups is 1. The van der Waals surface area contributed by atoms with Crippen molar-refractivity contribution in [2.75, 3.05) is 18.8 Å². The summed E-state index contributed by atoms with van der Waals surface area (Å²) in [5.41, 5.74) is 5.71. The zero-order valence-electron chi connectivity index (χ0n) is 14.8. The third kappa shape index (κ3) is 4.81. The molecule has 2 aliphatic rings. The van der Waals surface area contributed by atoms with Gasteiger partial charge in [0.25, 0.3) is 11.8 Å². The van der Waals surface area contributed by atoms with Gasteiger partial charge in [-0.25, -0.2) is 0 Å². The van der Waals surface area contributed by atoms with Gasteiger partial charge in [0.2, 0.25) is 0 Å². The molecule has 0 spiro atoms. The summed E-state index contributed by atoms with van der Waals surface area (Å²) in [4.78, 5) is 31.7. The molecule has 2 amide bonds. The van der Waals surface area contributed by atoms with Gasteiger partial charge < -0.3 is 26.2 Å². The molecule has 2 aliphatic heterocycles. The van der Waals surface area contributed by atoms with E-state index in [1.54, 1.807) is 11.3 Å². The maximum absolute atomic E-state index is 12.7. The summed E-state index contributed by atoms with van der Waals surface area (Å²) in [7, 11) is 0. The second kappa shape index (κ2) is 9.05. The molecule has 1 aromatic rings. The Morgan fingerprint density at radius 2 is 2.22 bits per heavy atom. The van der Waals surface area contributed by atoms with Crippen LogP contribution in [0, 0.1) is 0 Å². The molecule has 0 aliphatic carbocycles. The predicted octanol–water partition coefficient (Wildman–Crippen LogP) is -0.450. The first-order valence-corrected chi connectivity index (χ1v) is 10.8. The molecule has 5 N–H and O–H groups in total. The first-order valence-electron chi connectivity index (χ1n) is 8.90. The molecule has 1 aromatic heterocycles. The SMILES string of the molecule is NC1=NC([C@H]2CCCN2C(=O)[C@H](O)[C@@H](O)C(=O)NCCc2cccs2)CS1. The lowest BCUT2D eigenvalue weighted by Crippen LogP contribution is -2.53. The van der Waals surface area contributed by atoms with Crippen LogP contribution in [0.15, 0.2) is 22.5 Å². The van der Waals surface area contributed by atoms with Gasteiger partial charge in [-0.05, 0) is 30.7 Å². The number of rotatable bonds is 7. The lowest BCUT2D eigenvalue weighted by molar-refractivity contribution is -0.153. The number of aliphatic hydroxyl groups is 2. The van der Waals surface area contributed by atoms with E-state index in [0.717, 1.165) is 17.7 Å². The second-order valence-corrected chi connectivity index (χ2v) is 8.67. The standard InChI is InChI=1S/C17H24N4O4S2/c18-17-20-11(9-27-17)12-4-1-7-21(12)16(25)14(23)13(22)15(24)19-6-5-10-3-2-8-26-10/h2-3,8,11-14,22-23H,1,4-7,9H2,(H2,18,20)(H,19,24)/t11?,12-,13-,14-/m1/s1. The van der Waals surface area contributed by atoms with Crippen molar-refractivity contribution in [3.63, 3.8) is 0 Å². The zero-order valence-corrected chi connectivity index (χ0v) is 16.4. The van der Waals surface area contributed by atoms with E-state index >= 15 is 0 Å². The van der Waals surface area contributed by atoms with Crippen molar-refractivity contribution >= 4 is 40.1 Å². The average molecular weight is 413 g/mol. The number of hydrogen-bond acceptors (Lipinski definition) is 8. The fraction of sp³-hybridized carbons (Fsp3) is 0.588. The van der Waals surface area contributed by atoms with Gasteiger partial charge >= 0.3 is 0 Å². The Morgan fingerprint density at radius 3 is 2.89 bits per heavy atom. The minimum atomic E-state index is -1.80. The Hall–Kier alpha value is -1.62. The molecule has 27 heavy (non-hydrogen) atoms. The summed E-state index contributed by atoms with van der Waals surface area (Å²) in [5, 5.41) is 25.4. The minimum absolute atomic E-state index is 0.106. The van der Waals surface area contributed by atoms with Crippen LogP contribution in [0.3, 0.4) is 0 Å². The van der Waals surface area contributed by atoms with E-state index < -0.39 is 24.0 Å². The quantitative estimate of drug-likeness (QED) is 0.480. The van der Waals surface area contributed by atoms with Gasteiger partial charge in [-0.1, -0.05) is 17.8 Å². The van der Waals surface area contributed by atoms with Crippen LogP contribution in [0.2, 0.25) is 0 Å². The molecule has 0 aromatic carbocycles. The molecule has 1 saturated heterocycles. The average Bonchev–Trinajstić information content (AvgIpc) is 3.40. The molecule has 3 rings (SSSR count). The minimum Gasteiger partial charge on any atom is -0.380 e. The monoisotopic (exact) mass is 412 g/mol. The summed E-state index contributed by atoms with van der Waals surface area (Å²) in [6.07, 6.45) is -1.39. The van der Waals surface area contributed by atoms with E-state index in [-0.39, 0.29) is 12.1 Å². The second-order valence-electron chi connectivity index (χ2n) is 6.60. The number of thiophene rings is 1. The molecular formula is C17H24N4O4S2. The molecule has 4 atom stereocenters. The molecule has 0 bridgehead atoms. The summed E-state index contributed by atoms with van der Waals surface area (Å²) < 4.78 is 0. The molecular weight excluding hydrogens is 388 g/mol. The maximum atomic E-state index is 12.7. The fourth-order valence-electron chi connectivity index (χ4n) is 3.39. The molecule has 0 radical (unpaired) electrons. The van der Waals surface area contributed by atoms with Crippen LogP contribution in [0.1, 0.15) is 17.7 Å². The Bertz CT molecular complexity index is 697. The van der Waals surface area contributed by atoms with E-state index in [0.29, 0.717) is 30.4 Å². The van der Waals surface area contributed by atoms with Gasteiger partial charge in [-0.2, -0.15) is 0 Å². The topological polar surface area (TPSA) is 128 Å². The van der Waals surface area contributed by atoms with E-state index in [1.165, 1.54) is 16.7 Å². The Labute approximate surface area is 165 Å². The highest BCUT2D eigenvalue weighted by Gasteiger charge is 2.41. The lowest BCUT2D eigenvalue weighted by Gasteiger charge is -2.30. The molecule has 148 valence electrons. The molecule has 3 heterocycles. The van der Waals surface area contributed by atoms with Gasteiger partial charge in [-0.3, -0.25) is 14.6 Å². The largest absolute Gasteiger partial charge is 0.380 e. The van der Waals surface area contributed by atoms with Gasteiger partial charge in [0.1, 0.15) is 0 Å². The van der Waals surface area contributed by atoms with Crippen molar-refractivity contribution in [2.45, 2.75) is 43.6 Å². The number of nitrogens with two attached hydrogens (primary N) is 1. The normalized spacial score (nSPS) is 24.5. The number of aliphatic hydroxyl groups excluding tert-OH is 2. The number of amides is 2. The predicted molar refractivity (Wildman–Crippen MR) is 106 cm³/mol. The number of nitrogens with zero attached hydrogens (tertiary/aromatic N) is 2. The van der Waals surface area contributed by atoms with E-state index in [4.69, 9.17) is 5.73 Å². The maximum Gasteiger partial charge on any atom is 0.255 e. The highest BCUT2D eigenvalue weighted by Crippen LogP contribution is 2.28. The van der Waals surface area contributed by atoms with Crippen molar-refractivity contribution in [1.82, 2.24) is 10.2 Å². The number of likely N-dealkylation sites (tertiary alicyclic amines) is 1. The van der Waals surface area contributed by atoms with Crippen molar-refractivity contribution in [2.24, 2.45) is 10.7 Å². The lowest BCUT2D eigenvalue weighted by atomic mass is 10.1. The first kappa shape index (κ1) is 20.1. The fourth-order valence-corrected chi connectivity index (χ4v) is 4.95. The number of carbonyl (C=O) groups excluding carboxylic acids is 2. The molecule has 1 unspecified atom stereocenters. The summed E-state index contributed by atoms with van der Waals surface area (Å²) in [6, 6.07) is 3.61. The van der Waals surface area contributed by atoms with Gasteiger partial charge in [0.15, 0.2) is 17.4 Å². The first-order chi connectivity index (χ1) is 13.0. The van der Waals surface area contributed by atoms with Crippen LogP contribution in [-0.4, -0.2) is 75.2 Å². The van der Waals surface area contributed by atoms with Gasteiger partial charge in [0.05, 0.1) is 12.1 Å². The molecule has 10 heteroatoms. The van der Waals surface area contributed by atoms with E-state index in [1.807, 2.05) is 17.5 Å². The summed E-state index contributed by atoms with van der Waals surface area (Å²) >= 11 is 3.03. The zero-order chi connectivity index (χ0) is 19.4. The number of aliphatic imine (C=N–C) groups is 1. The van der Waals surface area contributed by atoms with Gasteiger partial charge in [0, 0.05) is 23.7 Å². The smallest absolute Gasteiger partial charge is 0.255 e. The highest BCUT2D eigenvalue weighted by atomic mass is 32.2. The number of hydrogen-bond donors (Lipinski definition) is 4. The Balaban J connectivity index is 1.52. The van der Waals surface area contributed by atoms with Gasteiger partial charge in [-0.15, -0.1) is 11.3 Å². The van der Waals surface area contributed by atoms with Crippen molar-refractivity contribution in [1.29, 1.82) is 0 Å². The highest BCUT2D eigenvalue weighted by molar-refractivity contribution is 8.14. The third-order valence-electron chi connectivity index (χ3n) is 4.79. The van der Waals surface area contributed by atoms with Crippen molar-refractivity contribution < 1.29 is 19.8 Å². The Morgan fingerprint density at radius 1 is 1.41 bits per heavy atom. The van der Waals surface area contributed by atoms with E-state index in [9.17, 15) is 19.8 Å². The number of carbonyl (C=O) groups is 2. The number of nitrogens with one attached hydrogen (secondary N) is 1. The van der Waals surface area contributed by atoms with Crippen LogP contribution in [0.25, 0.3) is 0 Å². The van der Waals surface area contributed by atoms with Crippen LogP contribution in [0.4, 0.5) is 0 Å².